The van der Waals surface area contributed by atoms with Gasteiger partial charge < -0.3 is 10.2 Å². The van der Waals surface area contributed by atoms with Gasteiger partial charge in [-0.25, -0.2) is 0 Å². The molecule has 0 bridgehead atoms. The summed E-state index contributed by atoms with van der Waals surface area (Å²) in [5.74, 6) is 1.01. The molecule has 3 heteroatoms. The summed E-state index contributed by atoms with van der Waals surface area (Å²) in [5.41, 5.74) is 0. The Hall–Kier alpha value is -0.120. The molecule has 20 heavy (non-hydrogen) atoms. The van der Waals surface area contributed by atoms with E-state index in [0.717, 1.165) is 12.0 Å². The van der Waals surface area contributed by atoms with Crippen LogP contribution in [0.15, 0.2) is 0 Å². The molecule has 0 saturated carbocycles. The summed E-state index contributed by atoms with van der Waals surface area (Å²) in [7, 11) is 0. The molecule has 0 aromatic heterocycles. The molecule has 3 aliphatic rings. The summed E-state index contributed by atoms with van der Waals surface area (Å²) >= 11 is 0. The van der Waals surface area contributed by atoms with Crippen molar-refractivity contribution in [1.82, 2.24) is 15.1 Å². The second-order valence-electron chi connectivity index (χ2n) is 7.18. The zero-order valence-corrected chi connectivity index (χ0v) is 13.2. The predicted octanol–water partition coefficient (Wildman–Crippen LogP) is 2.33. The number of hydrogen-bond acceptors (Lipinski definition) is 3. The van der Waals surface area contributed by atoms with Crippen LogP contribution in [0.5, 0.6) is 0 Å². The van der Waals surface area contributed by atoms with Crippen molar-refractivity contribution in [2.24, 2.45) is 5.92 Å². The van der Waals surface area contributed by atoms with Gasteiger partial charge in [0.05, 0.1) is 0 Å². The predicted molar refractivity (Wildman–Crippen MR) is 85.1 cm³/mol. The Bertz CT molecular complexity index is 269. The van der Waals surface area contributed by atoms with Crippen LogP contribution in [-0.2, 0) is 0 Å². The summed E-state index contributed by atoms with van der Waals surface area (Å²) in [5, 5.41) is 3.47. The van der Waals surface area contributed by atoms with Crippen LogP contribution in [0.4, 0.5) is 0 Å². The molecule has 3 heterocycles. The van der Waals surface area contributed by atoms with Crippen LogP contribution in [0.1, 0.15) is 51.4 Å². The number of nitrogens with zero attached hydrogens (tertiary/aromatic N) is 2. The molecule has 3 aliphatic heterocycles. The van der Waals surface area contributed by atoms with Crippen LogP contribution in [0.2, 0.25) is 0 Å². The summed E-state index contributed by atoms with van der Waals surface area (Å²) in [4.78, 5) is 5.51. The zero-order valence-electron chi connectivity index (χ0n) is 13.2. The van der Waals surface area contributed by atoms with Crippen molar-refractivity contribution < 1.29 is 0 Å². The molecule has 3 fully saturated rings. The van der Waals surface area contributed by atoms with Gasteiger partial charge in [-0.2, -0.15) is 0 Å². The molecule has 0 amide bonds. The van der Waals surface area contributed by atoms with Crippen molar-refractivity contribution in [3.63, 3.8) is 0 Å². The van der Waals surface area contributed by atoms with E-state index in [1.807, 2.05) is 0 Å². The maximum atomic E-state index is 3.47. The first-order valence-corrected chi connectivity index (χ1v) is 9.09. The van der Waals surface area contributed by atoms with E-state index in [1.54, 1.807) is 0 Å². The largest absolute Gasteiger partial charge is 0.317 e. The van der Waals surface area contributed by atoms with Crippen LogP contribution >= 0.6 is 0 Å². The van der Waals surface area contributed by atoms with Crippen LogP contribution in [0.25, 0.3) is 0 Å². The van der Waals surface area contributed by atoms with Crippen molar-refractivity contribution in [3.05, 3.63) is 0 Å². The van der Waals surface area contributed by atoms with Gasteiger partial charge in [0.15, 0.2) is 0 Å². The number of rotatable bonds is 5. The first-order chi connectivity index (χ1) is 9.92. The van der Waals surface area contributed by atoms with Gasteiger partial charge in [0.25, 0.3) is 0 Å². The molecule has 0 aromatic rings. The van der Waals surface area contributed by atoms with E-state index in [4.69, 9.17) is 0 Å². The Labute approximate surface area is 125 Å². The highest BCUT2D eigenvalue weighted by Gasteiger charge is 2.28. The lowest BCUT2D eigenvalue weighted by Crippen LogP contribution is -2.41. The fourth-order valence-electron chi connectivity index (χ4n) is 4.37. The fourth-order valence-corrected chi connectivity index (χ4v) is 4.37. The third kappa shape index (κ3) is 4.19. The topological polar surface area (TPSA) is 18.5 Å². The average molecular weight is 279 g/mol. The minimum Gasteiger partial charge on any atom is -0.317 e. The second-order valence-corrected chi connectivity index (χ2v) is 7.18. The van der Waals surface area contributed by atoms with Gasteiger partial charge in [0.2, 0.25) is 0 Å². The monoisotopic (exact) mass is 279 g/mol. The first-order valence-electron chi connectivity index (χ1n) is 9.09. The van der Waals surface area contributed by atoms with Crippen LogP contribution in [-0.4, -0.2) is 61.7 Å². The molecule has 3 nitrogen and oxygen atoms in total. The minimum absolute atomic E-state index is 0.884. The van der Waals surface area contributed by atoms with E-state index in [2.05, 4.69) is 15.1 Å². The van der Waals surface area contributed by atoms with Crippen LogP contribution in [0, 0.1) is 5.92 Å². The number of nitrogens with one attached hydrogen (secondary N) is 1. The number of likely N-dealkylation sites (tertiary alicyclic amines) is 2. The van der Waals surface area contributed by atoms with Crippen molar-refractivity contribution >= 4 is 0 Å². The summed E-state index contributed by atoms with van der Waals surface area (Å²) in [6.45, 7) is 9.31. The normalized spacial score (nSPS) is 30.9. The summed E-state index contributed by atoms with van der Waals surface area (Å²) < 4.78 is 0. The van der Waals surface area contributed by atoms with E-state index in [0.29, 0.717) is 0 Å². The Kier molecular flexibility index (Phi) is 5.75. The van der Waals surface area contributed by atoms with E-state index >= 15 is 0 Å². The molecule has 0 aromatic carbocycles. The number of hydrogen-bond donors (Lipinski definition) is 1. The molecule has 3 rings (SSSR count). The van der Waals surface area contributed by atoms with Crippen molar-refractivity contribution in [2.75, 3.05) is 45.8 Å². The third-order valence-electron chi connectivity index (χ3n) is 5.70. The van der Waals surface area contributed by atoms with Gasteiger partial charge in [0, 0.05) is 12.6 Å². The molecular weight excluding hydrogens is 246 g/mol. The fraction of sp³-hybridized carbons (Fsp3) is 1.00. The van der Waals surface area contributed by atoms with Crippen molar-refractivity contribution in [3.8, 4) is 0 Å². The van der Waals surface area contributed by atoms with Gasteiger partial charge in [-0.15, -0.1) is 0 Å². The van der Waals surface area contributed by atoms with E-state index in [9.17, 15) is 0 Å². The smallest absolute Gasteiger partial charge is 0.0235 e. The third-order valence-corrected chi connectivity index (χ3v) is 5.70. The van der Waals surface area contributed by atoms with Gasteiger partial charge in [-0.05, 0) is 90.1 Å². The SMILES string of the molecule is C1CCN(C2CCN(CCCC3CCNCC3)C2)CC1. The van der Waals surface area contributed by atoms with E-state index < -0.39 is 0 Å². The highest BCUT2D eigenvalue weighted by atomic mass is 15.3. The zero-order chi connectivity index (χ0) is 13.6. The highest BCUT2D eigenvalue weighted by Crippen LogP contribution is 2.22. The van der Waals surface area contributed by atoms with E-state index in [-0.39, 0.29) is 0 Å². The van der Waals surface area contributed by atoms with Crippen LogP contribution < -0.4 is 5.32 Å². The summed E-state index contributed by atoms with van der Waals surface area (Å²) in [6.07, 6.45) is 11.5. The standard InChI is InChI=1S/C17H33N3/c1-2-12-20(13-3-1)17-8-14-19(15-17)11-4-5-16-6-9-18-10-7-16/h16-18H,1-15H2. The van der Waals surface area contributed by atoms with E-state index in [1.165, 1.54) is 97.2 Å². The lowest BCUT2D eigenvalue weighted by atomic mass is 9.93. The first kappa shape index (κ1) is 14.8. The quantitative estimate of drug-likeness (QED) is 0.833. The second kappa shape index (κ2) is 7.77. The van der Waals surface area contributed by atoms with Gasteiger partial charge in [-0.1, -0.05) is 6.42 Å². The van der Waals surface area contributed by atoms with Gasteiger partial charge in [-0.3, -0.25) is 4.90 Å². The maximum absolute atomic E-state index is 3.47. The molecule has 3 saturated heterocycles. The Morgan fingerprint density at radius 3 is 2.50 bits per heavy atom. The summed E-state index contributed by atoms with van der Waals surface area (Å²) in [6, 6.07) is 0.884. The van der Waals surface area contributed by atoms with Gasteiger partial charge >= 0.3 is 0 Å². The van der Waals surface area contributed by atoms with Crippen LogP contribution in [0.3, 0.4) is 0 Å². The number of piperidine rings is 2. The Balaban J connectivity index is 1.31. The highest BCUT2D eigenvalue weighted by molar-refractivity contribution is 4.84. The molecule has 0 spiro atoms. The maximum Gasteiger partial charge on any atom is 0.0235 e. The molecule has 116 valence electrons. The lowest BCUT2D eigenvalue weighted by molar-refractivity contribution is 0.161. The van der Waals surface area contributed by atoms with Gasteiger partial charge in [0.1, 0.15) is 0 Å². The Morgan fingerprint density at radius 1 is 0.900 bits per heavy atom. The Morgan fingerprint density at radius 2 is 1.70 bits per heavy atom. The minimum atomic E-state index is 0.884. The molecular formula is C17H33N3. The molecule has 1 atom stereocenters. The van der Waals surface area contributed by atoms with Crippen molar-refractivity contribution in [1.29, 1.82) is 0 Å². The average Bonchev–Trinajstić information content (AvgIpc) is 2.98. The molecule has 0 radical (unpaired) electrons. The molecule has 1 unspecified atom stereocenters. The molecule has 1 N–H and O–H groups in total. The van der Waals surface area contributed by atoms with Crippen molar-refractivity contribution in [2.45, 2.75) is 57.4 Å². The molecule has 0 aliphatic carbocycles. The lowest BCUT2D eigenvalue weighted by Gasteiger charge is -2.32.